The lowest BCUT2D eigenvalue weighted by Crippen LogP contribution is -2.24. The van der Waals surface area contributed by atoms with Crippen LogP contribution in [0.5, 0.6) is 0 Å². The van der Waals surface area contributed by atoms with E-state index in [4.69, 9.17) is 4.74 Å². The fraction of sp³-hybridized carbons (Fsp3) is 0.182. The highest BCUT2D eigenvalue weighted by Gasteiger charge is 2.34. The number of thioether (sulfide) groups is 1. The first-order chi connectivity index (χ1) is 15.2. The number of anilines is 1. The van der Waals surface area contributed by atoms with Gasteiger partial charge < -0.3 is 10.1 Å². The summed E-state index contributed by atoms with van der Waals surface area (Å²) in [6.07, 6.45) is -4.67. The number of carbonyl (C=O) groups is 2. The lowest BCUT2D eigenvalue weighted by molar-refractivity contribution is -0.141. The van der Waals surface area contributed by atoms with Crippen molar-refractivity contribution < 1.29 is 27.5 Å². The summed E-state index contributed by atoms with van der Waals surface area (Å²) in [5, 5.41) is 1.55. The van der Waals surface area contributed by atoms with E-state index in [2.05, 4.69) is 15.3 Å². The third kappa shape index (κ3) is 5.64. The van der Waals surface area contributed by atoms with Gasteiger partial charge in [0.1, 0.15) is 5.69 Å². The monoisotopic (exact) mass is 461 g/mol. The maximum Gasteiger partial charge on any atom is 0.433 e. The predicted molar refractivity (Wildman–Crippen MR) is 114 cm³/mol. The Balaban J connectivity index is 1.85. The first-order valence-electron chi connectivity index (χ1n) is 9.35. The highest BCUT2D eigenvalue weighted by atomic mass is 32.2. The molecule has 0 fully saturated rings. The van der Waals surface area contributed by atoms with E-state index < -0.39 is 29.0 Å². The topological polar surface area (TPSA) is 81.2 Å². The van der Waals surface area contributed by atoms with E-state index in [1.165, 1.54) is 26.2 Å². The molecule has 0 radical (unpaired) electrons. The molecule has 0 aliphatic heterocycles. The molecule has 3 aromatic rings. The van der Waals surface area contributed by atoms with Gasteiger partial charge in [-0.15, -0.1) is 0 Å². The van der Waals surface area contributed by atoms with Crippen LogP contribution in [-0.4, -0.2) is 34.2 Å². The second-order valence-corrected chi connectivity index (χ2v) is 7.88. The molecule has 0 saturated carbocycles. The summed E-state index contributed by atoms with van der Waals surface area (Å²) in [4.78, 5) is 32.3. The van der Waals surface area contributed by atoms with Gasteiger partial charge in [-0.25, -0.2) is 14.8 Å². The molecule has 0 unspecified atom stereocenters. The zero-order valence-electron chi connectivity index (χ0n) is 17.0. The van der Waals surface area contributed by atoms with Crippen LogP contribution in [0.1, 0.15) is 23.0 Å². The second kappa shape index (κ2) is 9.82. The molecule has 0 aliphatic carbocycles. The summed E-state index contributed by atoms with van der Waals surface area (Å²) in [5.74, 6) is -1.16. The highest BCUT2D eigenvalue weighted by Crippen LogP contribution is 2.33. The zero-order valence-corrected chi connectivity index (χ0v) is 17.8. The zero-order chi connectivity index (χ0) is 23.3. The fourth-order valence-electron chi connectivity index (χ4n) is 2.71. The van der Waals surface area contributed by atoms with Crippen LogP contribution < -0.4 is 5.32 Å². The van der Waals surface area contributed by atoms with E-state index in [1.807, 2.05) is 0 Å². The van der Waals surface area contributed by atoms with Crippen LogP contribution in [0.15, 0.2) is 65.8 Å². The maximum absolute atomic E-state index is 13.4. The number of esters is 1. The van der Waals surface area contributed by atoms with Gasteiger partial charge in [-0.05, 0) is 25.1 Å². The highest BCUT2D eigenvalue weighted by molar-refractivity contribution is 8.00. The van der Waals surface area contributed by atoms with E-state index in [1.54, 1.807) is 42.5 Å². The van der Waals surface area contributed by atoms with Gasteiger partial charge in [0.05, 0.1) is 29.3 Å². The predicted octanol–water partition coefficient (Wildman–Crippen LogP) is 5.07. The lowest BCUT2D eigenvalue weighted by Gasteiger charge is -2.15. The molecule has 1 aromatic heterocycles. The summed E-state index contributed by atoms with van der Waals surface area (Å²) in [6, 6.07) is 15.5. The Bertz CT molecular complexity index is 1120. The lowest BCUT2D eigenvalue weighted by atomic mass is 10.1. The molecule has 1 heterocycles. The van der Waals surface area contributed by atoms with Crippen LogP contribution in [0.4, 0.5) is 18.9 Å². The average Bonchev–Trinajstić information content (AvgIpc) is 2.78. The summed E-state index contributed by atoms with van der Waals surface area (Å²) in [6.45, 7) is 1.51. The Morgan fingerprint density at radius 1 is 1.03 bits per heavy atom. The number of nitrogens with zero attached hydrogens (tertiary/aromatic N) is 2. The summed E-state index contributed by atoms with van der Waals surface area (Å²) in [7, 11) is 1.22. The Labute approximate surface area is 186 Å². The van der Waals surface area contributed by atoms with Gasteiger partial charge in [-0.3, -0.25) is 4.79 Å². The summed E-state index contributed by atoms with van der Waals surface area (Å²) in [5.41, 5.74) is -0.128. The number of rotatable bonds is 6. The van der Waals surface area contributed by atoms with E-state index >= 15 is 0 Å². The molecule has 1 amide bonds. The van der Waals surface area contributed by atoms with Gasteiger partial charge in [-0.1, -0.05) is 54.2 Å². The van der Waals surface area contributed by atoms with Crippen molar-refractivity contribution in [3.8, 4) is 11.3 Å². The van der Waals surface area contributed by atoms with Crippen molar-refractivity contribution in [3.63, 3.8) is 0 Å². The molecular weight excluding hydrogens is 443 g/mol. The van der Waals surface area contributed by atoms with Crippen LogP contribution in [0.25, 0.3) is 11.3 Å². The van der Waals surface area contributed by atoms with Crippen molar-refractivity contribution >= 4 is 29.3 Å². The van der Waals surface area contributed by atoms with Crippen LogP contribution in [-0.2, 0) is 15.7 Å². The number of aromatic nitrogens is 2. The number of para-hydroxylation sites is 1. The molecular formula is C22H18F3N3O3S. The number of hydrogen-bond acceptors (Lipinski definition) is 6. The Kier molecular flexibility index (Phi) is 7.14. The van der Waals surface area contributed by atoms with Crippen molar-refractivity contribution in [2.75, 3.05) is 12.4 Å². The standard InChI is InChI=1S/C22H18F3N3O3S/c1-13(19(29)26-16-11-7-6-10-15(16)20(30)31-2)32-21-27-17(14-8-4-3-5-9-14)12-18(28-21)22(23,24)25/h3-13H,1-2H3,(H,26,29)/t13-/m0/s1. The van der Waals surface area contributed by atoms with Crippen LogP contribution >= 0.6 is 11.8 Å². The maximum atomic E-state index is 13.4. The fourth-order valence-corrected chi connectivity index (χ4v) is 3.49. The molecule has 10 heteroatoms. The second-order valence-electron chi connectivity index (χ2n) is 6.57. The third-order valence-electron chi connectivity index (χ3n) is 4.31. The van der Waals surface area contributed by atoms with Gasteiger partial charge in [0.2, 0.25) is 5.91 Å². The quantitative estimate of drug-likeness (QED) is 0.314. The number of alkyl halides is 3. The minimum atomic E-state index is -4.67. The van der Waals surface area contributed by atoms with E-state index in [9.17, 15) is 22.8 Å². The Hall–Kier alpha value is -3.40. The summed E-state index contributed by atoms with van der Waals surface area (Å²) < 4.78 is 44.8. The van der Waals surface area contributed by atoms with E-state index in [0.717, 1.165) is 17.8 Å². The number of methoxy groups -OCH3 is 1. The van der Waals surface area contributed by atoms with Crippen LogP contribution in [0.2, 0.25) is 0 Å². The molecule has 0 saturated heterocycles. The van der Waals surface area contributed by atoms with Crippen molar-refractivity contribution in [1.29, 1.82) is 0 Å². The number of halogens is 3. The minimum Gasteiger partial charge on any atom is -0.465 e. The Morgan fingerprint density at radius 2 is 1.69 bits per heavy atom. The van der Waals surface area contributed by atoms with Crippen LogP contribution in [0, 0.1) is 0 Å². The largest absolute Gasteiger partial charge is 0.465 e. The molecule has 1 atom stereocenters. The number of amides is 1. The van der Waals surface area contributed by atoms with Gasteiger partial charge in [0, 0.05) is 5.56 Å². The van der Waals surface area contributed by atoms with Crippen LogP contribution in [0.3, 0.4) is 0 Å². The van der Waals surface area contributed by atoms with Gasteiger partial charge in [-0.2, -0.15) is 13.2 Å². The number of nitrogens with one attached hydrogen (secondary N) is 1. The molecule has 3 rings (SSSR count). The number of carbonyl (C=O) groups excluding carboxylic acids is 2. The SMILES string of the molecule is COC(=O)c1ccccc1NC(=O)[C@H](C)Sc1nc(-c2ccccc2)cc(C(F)(F)F)n1. The van der Waals surface area contributed by atoms with E-state index in [-0.39, 0.29) is 22.1 Å². The number of hydrogen-bond donors (Lipinski definition) is 1. The molecule has 166 valence electrons. The average molecular weight is 461 g/mol. The molecule has 1 N–H and O–H groups in total. The molecule has 0 aliphatic rings. The van der Waals surface area contributed by atoms with Gasteiger partial charge in [0.25, 0.3) is 0 Å². The number of ether oxygens (including phenoxy) is 1. The van der Waals surface area contributed by atoms with Gasteiger partial charge >= 0.3 is 12.1 Å². The Morgan fingerprint density at radius 3 is 2.34 bits per heavy atom. The molecule has 0 bridgehead atoms. The molecule has 2 aromatic carbocycles. The minimum absolute atomic E-state index is 0.0964. The normalized spacial score (nSPS) is 12.2. The first-order valence-corrected chi connectivity index (χ1v) is 10.2. The van der Waals surface area contributed by atoms with Crippen molar-refractivity contribution in [1.82, 2.24) is 9.97 Å². The third-order valence-corrected chi connectivity index (χ3v) is 5.27. The smallest absolute Gasteiger partial charge is 0.433 e. The summed E-state index contributed by atoms with van der Waals surface area (Å²) >= 11 is 0.780. The molecule has 6 nitrogen and oxygen atoms in total. The molecule has 0 spiro atoms. The van der Waals surface area contributed by atoms with Crippen molar-refractivity contribution in [3.05, 3.63) is 71.9 Å². The first kappa shape index (κ1) is 23.3. The van der Waals surface area contributed by atoms with E-state index in [0.29, 0.717) is 5.56 Å². The number of benzene rings is 2. The van der Waals surface area contributed by atoms with Crippen molar-refractivity contribution in [2.24, 2.45) is 0 Å². The molecule has 32 heavy (non-hydrogen) atoms. The van der Waals surface area contributed by atoms with Crippen molar-refractivity contribution in [2.45, 2.75) is 23.5 Å². The van der Waals surface area contributed by atoms with Gasteiger partial charge in [0.15, 0.2) is 5.16 Å².